The second-order valence-corrected chi connectivity index (χ2v) is 4.83. The van der Waals surface area contributed by atoms with E-state index in [4.69, 9.17) is 0 Å². The molecule has 1 aliphatic rings. The lowest BCUT2D eigenvalue weighted by Gasteiger charge is -2.29. The number of hydrogen-bond donors (Lipinski definition) is 1. The Labute approximate surface area is 86.8 Å². The summed E-state index contributed by atoms with van der Waals surface area (Å²) in [6.45, 7) is 8.35. The molecule has 2 nitrogen and oxygen atoms in total. The Morgan fingerprint density at radius 1 is 1.57 bits per heavy atom. The van der Waals surface area contributed by atoms with E-state index < -0.39 is 0 Å². The van der Waals surface area contributed by atoms with Crippen molar-refractivity contribution in [1.82, 2.24) is 5.32 Å². The minimum absolute atomic E-state index is 0.182. The van der Waals surface area contributed by atoms with Crippen LogP contribution in [0.15, 0.2) is 12.2 Å². The maximum atomic E-state index is 11.5. The first-order chi connectivity index (χ1) is 6.55. The van der Waals surface area contributed by atoms with Gasteiger partial charge in [0.1, 0.15) is 0 Å². The maximum absolute atomic E-state index is 11.5. The predicted molar refractivity (Wildman–Crippen MR) is 59.2 cm³/mol. The first kappa shape index (κ1) is 11.4. The van der Waals surface area contributed by atoms with E-state index in [1.807, 2.05) is 6.08 Å². The lowest BCUT2D eigenvalue weighted by Crippen LogP contribution is -2.34. The largest absolute Gasteiger partial charge is 0.316 e. The Kier molecular flexibility index (Phi) is 3.87. The molecular weight excluding hydrogens is 174 g/mol. The summed E-state index contributed by atoms with van der Waals surface area (Å²) < 4.78 is 0. The van der Waals surface area contributed by atoms with Crippen LogP contribution in [-0.2, 0) is 4.79 Å². The second kappa shape index (κ2) is 4.74. The van der Waals surface area contributed by atoms with Crippen molar-refractivity contribution in [2.24, 2.45) is 11.3 Å². The van der Waals surface area contributed by atoms with Crippen LogP contribution in [0.25, 0.3) is 0 Å². The fourth-order valence-corrected chi connectivity index (χ4v) is 1.87. The molecule has 2 heteroatoms. The molecule has 0 radical (unpaired) electrons. The third kappa shape index (κ3) is 3.26. The number of allylic oxidation sites excluding steroid dienone is 2. The highest BCUT2D eigenvalue weighted by Crippen LogP contribution is 2.31. The summed E-state index contributed by atoms with van der Waals surface area (Å²) >= 11 is 0. The van der Waals surface area contributed by atoms with Crippen molar-refractivity contribution >= 4 is 5.78 Å². The van der Waals surface area contributed by atoms with Gasteiger partial charge in [0, 0.05) is 12.5 Å². The van der Waals surface area contributed by atoms with E-state index in [9.17, 15) is 4.79 Å². The Morgan fingerprint density at radius 2 is 2.29 bits per heavy atom. The van der Waals surface area contributed by atoms with Gasteiger partial charge in [0.05, 0.1) is 0 Å². The molecule has 14 heavy (non-hydrogen) atoms. The second-order valence-electron chi connectivity index (χ2n) is 4.83. The van der Waals surface area contributed by atoms with Gasteiger partial charge in [0.2, 0.25) is 0 Å². The number of carbonyl (C=O) groups excluding carboxylic acids is 1. The zero-order valence-electron chi connectivity index (χ0n) is 9.47. The zero-order chi connectivity index (χ0) is 10.6. The van der Waals surface area contributed by atoms with E-state index >= 15 is 0 Å². The minimum Gasteiger partial charge on any atom is -0.316 e. The van der Waals surface area contributed by atoms with E-state index in [1.54, 1.807) is 6.08 Å². The average Bonchev–Trinajstić information content (AvgIpc) is 2.11. The molecule has 0 aromatic rings. The Hall–Kier alpha value is -0.630. The van der Waals surface area contributed by atoms with Crippen molar-refractivity contribution in [3.05, 3.63) is 12.2 Å². The lowest BCUT2D eigenvalue weighted by atomic mass is 9.76. The highest BCUT2D eigenvalue weighted by atomic mass is 16.1. The topological polar surface area (TPSA) is 29.1 Å². The van der Waals surface area contributed by atoms with Crippen LogP contribution in [0.4, 0.5) is 0 Å². The zero-order valence-corrected chi connectivity index (χ0v) is 9.47. The van der Waals surface area contributed by atoms with Gasteiger partial charge in [-0.1, -0.05) is 26.8 Å². The van der Waals surface area contributed by atoms with Crippen LogP contribution in [0.3, 0.4) is 0 Å². The molecule has 0 aliphatic heterocycles. The van der Waals surface area contributed by atoms with E-state index in [1.165, 1.54) is 0 Å². The van der Waals surface area contributed by atoms with Crippen LogP contribution >= 0.6 is 0 Å². The van der Waals surface area contributed by atoms with Gasteiger partial charge < -0.3 is 5.32 Å². The number of nitrogens with one attached hydrogen (secondary N) is 1. The SMILES string of the molecule is CCCNCC1CC(C)(C)C=CC1=O. The van der Waals surface area contributed by atoms with Crippen molar-refractivity contribution in [1.29, 1.82) is 0 Å². The molecule has 1 unspecified atom stereocenters. The lowest BCUT2D eigenvalue weighted by molar-refractivity contribution is -0.119. The molecule has 0 aromatic carbocycles. The summed E-state index contributed by atoms with van der Waals surface area (Å²) in [5.74, 6) is 0.467. The normalized spacial score (nSPS) is 25.4. The third-order valence-electron chi connectivity index (χ3n) is 2.69. The maximum Gasteiger partial charge on any atom is 0.159 e. The molecule has 1 aliphatic carbocycles. The third-order valence-corrected chi connectivity index (χ3v) is 2.69. The van der Waals surface area contributed by atoms with Gasteiger partial charge in [0.25, 0.3) is 0 Å². The Morgan fingerprint density at radius 3 is 2.93 bits per heavy atom. The molecule has 80 valence electrons. The molecule has 0 saturated carbocycles. The number of carbonyl (C=O) groups is 1. The predicted octanol–water partition coefficient (Wildman–Crippen LogP) is 2.16. The molecule has 1 N–H and O–H groups in total. The highest BCUT2D eigenvalue weighted by molar-refractivity contribution is 5.92. The van der Waals surface area contributed by atoms with Crippen LogP contribution in [0, 0.1) is 11.3 Å². The van der Waals surface area contributed by atoms with Crippen LogP contribution in [0.2, 0.25) is 0 Å². The highest BCUT2D eigenvalue weighted by Gasteiger charge is 2.28. The van der Waals surface area contributed by atoms with E-state index in [2.05, 4.69) is 26.1 Å². The summed E-state index contributed by atoms with van der Waals surface area (Å²) in [5.41, 5.74) is 0.187. The van der Waals surface area contributed by atoms with Gasteiger partial charge in [-0.25, -0.2) is 0 Å². The fraction of sp³-hybridized carbons (Fsp3) is 0.750. The molecule has 1 rings (SSSR count). The molecule has 0 saturated heterocycles. The van der Waals surface area contributed by atoms with Crippen LogP contribution in [0.5, 0.6) is 0 Å². The first-order valence-corrected chi connectivity index (χ1v) is 5.49. The van der Waals surface area contributed by atoms with Gasteiger partial charge in [-0.2, -0.15) is 0 Å². The smallest absolute Gasteiger partial charge is 0.159 e. The molecule has 0 bridgehead atoms. The summed E-state index contributed by atoms with van der Waals surface area (Å²) in [6.07, 6.45) is 5.88. The summed E-state index contributed by atoms with van der Waals surface area (Å²) in [4.78, 5) is 11.5. The molecule has 0 heterocycles. The molecule has 0 amide bonds. The molecular formula is C12H21NO. The van der Waals surface area contributed by atoms with Gasteiger partial charge in [-0.05, 0) is 30.9 Å². The van der Waals surface area contributed by atoms with Crippen molar-refractivity contribution in [3.8, 4) is 0 Å². The average molecular weight is 195 g/mol. The monoisotopic (exact) mass is 195 g/mol. The minimum atomic E-state index is 0.182. The summed E-state index contributed by atoms with van der Waals surface area (Å²) in [6, 6.07) is 0. The fourth-order valence-electron chi connectivity index (χ4n) is 1.87. The first-order valence-electron chi connectivity index (χ1n) is 5.49. The van der Waals surface area contributed by atoms with Gasteiger partial charge >= 0.3 is 0 Å². The van der Waals surface area contributed by atoms with Gasteiger partial charge in [-0.15, -0.1) is 0 Å². The summed E-state index contributed by atoms with van der Waals surface area (Å²) in [5, 5.41) is 3.32. The van der Waals surface area contributed by atoms with Crippen molar-refractivity contribution in [2.75, 3.05) is 13.1 Å². The van der Waals surface area contributed by atoms with E-state index in [0.29, 0.717) is 0 Å². The molecule has 0 spiro atoms. The van der Waals surface area contributed by atoms with Crippen LogP contribution in [-0.4, -0.2) is 18.9 Å². The number of hydrogen-bond acceptors (Lipinski definition) is 2. The van der Waals surface area contributed by atoms with Gasteiger partial charge in [-0.3, -0.25) is 4.79 Å². The Bertz CT molecular complexity index is 230. The van der Waals surface area contributed by atoms with Crippen molar-refractivity contribution < 1.29 is 4.79 Å². The number of rotatable bonds is 4. The van der Waals surface area contributed by atoms with Crippen molar-refractivity contribution in [2.45, 2.75) is 33.6 Å². The standard InChI is InChI=1S/C12H21NO/c1-4-7-13-9-10-8-12(2,3)6-5-11(10)14/h5-6,10,13H,4,7-9H2,1-3H3. The quantitative estimate of drug-likeness (QED) is 0.696. The van der Waals surface area contributed by atoms with E-state index in [-0.39, 0.29) is 17.1 Å². The van der Waals surface area contributed by atoms with Gasteiger partial charge in [0.15, 0.2) is 5.78 Å². The van der Waals surface area contributed by atoms with Crippen molar-refractivity contribution in [3.63, 3.8) is 0 Å². The Balaban J connectivity index is 2.45. The van der Waals surface area contributed by atoms with E-state index in [0.717, 1.165) is 25.9 Å². The summed E-state index contributed by atoms with van der Waals surface area (Å²) in [7, 11) is 0. The molecule has 0 fully saturated rings. The van der Waals surface area contributed by atoms with Crippen LogP contribution < -0.4 is 5.32 Å². The number of ketones is 1. The molecule has 1 atom stereocenters. The van der Waals surface area contributed by atoms with Crippen LogP contribution in [0.1, 0.15) is 33.6 Å². The molecule has 0 aromatic heterocycles.